The predicted molar refractivity (Wildman–Crippen MR) is 84.0 cm³/mol. The van der Waals surface area contributed by atoms with Gasteiger partial charge in [-0.05, 0) is 30.2 Å². The number of aromatic nitrogens is 3. The Morgan fingerprint density at radius 1 is 1.14 bits per heavy atom. The molecule has 0 bridgehead atoms. The molecule has 22 heavy (non-hydrogen) atoms. The van der Waals surface area contributed by atoms with Gasteiger partial charge in [-0.3, -0.25) is 0 Å². The Bertz CT molecular complexity index is 795. The maximum absolute atomic E-state index is 13.6. The van der Waals surface area contributed by atoms with Crippen molar-refractivity contribution >= 4 is 0 Å². The molecule has 112 valence electrons. The zero-order valence-corrected chi connectivity index (χ0v) is 12.3. The van der Waals surface area contributed by atoms with E-state index in [4.69, 9.17) is 5.73 Å². The van der Waals surface area contributed by atoms with Crippen LogP contribution in [0.4, 0.5) is 4.39 Å². The topological polar surface area (TPSA) is 56.7 Å². The van der Waals surface area contributed by atoms with Crippen molar-refractivity contribution in [1.29, 1.82) is 0 Å². The average Bonchev–Trinajstić information content (AvgIpc) is 2.98. The molecule has 4 nitrogen and oxygen atoms in total. The second-order valence-corrected chi connectivity index (χ2v) is 4.99. The number of hydrogen-bond acceptors (Lipinski definition) is 3. The molecule has 0 saturated carbocycles. The van der Waals surface area contributed by atoms with Crippen LogP contribution < -0.4 is 5.73 Å². The summed E-state index contributed by atoms with van der Waals surface area (Å²) in [5, 5.41) is 8.39. The molecule has 0 aliphatic rings. The molecule has 0 saturated heterocycles. The van der Waals surface area contributed by atoms with Gasteiger partial charge < -0.3 is 5.73 Å². The van der Waals surface area contributed by atoms with E-state index < -0.39 is 0 Å². The summed E-state index contributed by atoms with van der Waals surface area (Å²) in [7, 11) is 0. The lowest BCUT2D eigenvalue weighted by Crippen LogP contribution is -2.05. The van der Waals surface area contributed by atoms with Gasteiger partial charge in [-0.2, -0.15) is 0 Å². The van der Waals surface area contributed by atoms with Gasteiger partial charge in [-0.25, -0.2) is 9.07 Å². The van der Waals surface area contributed by atoms with Crippen LogP contribution in [0.25, 0.3) is 16.9 Å². The first kappa shape index (κ1) is 14.4. The lowest BCUT2D eigenvalue weighted by atomic mass is 10.1. The second-order valence-electron chi connectivity index (χ2n) is 4.99. The maximum atomic E-state index is 13.6. The highest BCUT2D eigenvalue weighted by atomic mass is 19.1. The van der Waals surface area contributed by atoms with E-state index in [9.17, 15) is 4.39 Å². The molecule has 3 aromatic rings. The van der Waals surface area contributed by atoms with E-state index in [1.165, 1.54) is 12.1 Å². The van der Waals surface area contributed by atoms with Crippen LogP contribution in [-0.4, -0.2) is 15.0 Å². The summed E-state index contributed by atoms with van der Waals surface area (Å²) in [5.74, 6) is -0.294. The molecular weight excluding hydrogens is 279 g/mol. The van der Waals surface area contributed by atoms with Crippen molar-refractivity contribution < 1.29 is 4.39 Å². The van der Waals surface area contributed by atoms with Crippen molar-refractivity contribution in [3.8, 4) is 16.9 Å². The number of para-hydroxylation sites is 1. The Morgan fingerprint density at radius 3 is 2.68 bits per heavy atom. The SMILES string of the molecule is CCc1ccccc1-n1nnc(CN)c1-c1cccc(F)c1. The Morgan fingerprint density at radius 2 is 1.95 bits per heavy atom. The van der Waals surface area contributed by atoms with Crippen LogP contribution in [0.3, 0.4) is 0 Å². The van der Waals surface area contributed by atoms with Gasteiger partial charge in [0, 0.05) is 12.1 Å². The number of hydrogen-bond donors (Lipinski definition) is 1. The third-order valence-electron chi connectivity index (χ3n) is 3.63. The summed E-state index contributed by atoms with van der Waals surface area (Å²) in [6, 6.07) is 14.4. The molecule has 1 heterocycles. The van der Waals surface area contributed by atoms with Gasteiger partial charge in [0.05, 0.1) is 11.4 Å². The normalized spacial score (nSPS) is 10.9. The monoisotopic (exact) mass is 296 g/mol. The first-order valence-corrected chi connectivity index (χ1v) is 7.23. The number of benzene rings is 2. The minimum atomic E-state index is -0.294. The molecule has 0 aliphatic heterocycles. The highest BCUT2D eigenvalue weighted by Gasteiger charge is 2.17. The molecule has 0 amide bonds. The van der Waals surface area contributed by atoms with Gasteiger partial charge in [-0.1, -0.05) is 42.5 Å². The lowest BCUT2D eigenvalue weighted by Gasteiger charge is -2.11. The maximum Gasteiger partial charge on any atom is 0.123 e. The zero-order valence-electron chi connectivity index (χ0n) is 12.3. The van der Waals surface area contributed by atoms with E-state index in [1.54, 1.807) is 10.7 Å². The summed E-state index contributed by atoms with van der Waals surface area (Å²) in [6.07, 6.45) is 0.872. The van der Waals surface area contributed by atoms with Gasteiger partial charge in [0.2, 0.25) is 0 Å². The van der Waals surface area contributed by atoms with Gasteiger partial charge in [0.1, 0.15) is 11.5 Å². The van der Waals surface area contributed by atoms with E-state index in [0.717, 1.165) is 28.9 Å². The lowest BCUT2D eigenvalue weighted by molar-refractivity contribution is 0.628. The van der Waals surface area contributed by atoms with E-state index in [0.29, 0.717) is 5.69 Å². The first-order chi connectivity index (χ1) is 10.7. The fourth-order valence-electron chi connectivity index (χ4n) is 2.56. The number of rotatable bonds is 4. The summed E-state index contributed by atoms with van der Waals surface area (Å²) in [5.41, 5.74) is 9.97. The van der Waals surface area contributed by atoms with Crippen LogP contribution in [-0.2, 0) is 13.0 Å². The number of halogens is 1. The minimum Gasteiger partial charge on any atom is -0.325 e. The van der Waals surface area contributed by atoms with E-state index in [-0.39, 0.29) is 12.4 Å². The smallest absolute Gasteiger partial charge is 0.123 e. The predicted octanol–water partition coefficient (Wildman–Crippen LogP) is 3.09. The highest BCUT2D eigenvalue weighted by Crippen LogP contribution is 2.27. The molecule has 1 aromatic heterocycles. The van der Waals surface area contributed by atoms with Crippen LogP contribution in [0.5, 0.6) is 0 Å². The molecule has 0 radical (unpaired) electrons. The van der Waals surface area contributed by atoms with Crippen LogP contribution in [0, 0.1) is 5.82 Å². The van der Waals surface area contributed by atoms with Crippen molar-refractivity contribution in [1.82, 2.24) is 15.0 Å². The molecule has 5 heteroatoms. The van der Waals surface area contributed by atoms with Gasteiger partial charge in [0.25, 0.3) is 0 Å². The Kier molecular flexibility index (Phi) is 3.98. The van der Waals surface area contributed by atoms with Crippen molar-refractivity contribution in [3.05, 3.63) is 65.6 Å². The van der Waals surface area contributed by atoms with E-state index in [1.807, 2.05) is 24.3 Å². The minimum absolute atomic E-state index is 0.250. The van der Waals surface area contributed by atoms with Crippen molar-refractivity contribution in [3.63, 3.8) is 0 Å². The summed E-state index contributed by atoms with van der Waals surface area (Å²) >= 11 is 0. The third kappa shape index (κ3) is 2.51. The standard InChI is InChI=1S/C17H17FN4/c1-2-12-6-3-4-9-16(12)22-17(15(11-19)20-21-22)13-7-5-8-14(18)10-13/h3-10H,2,11,19H2,1H3. The van der Waals surface area contributed by atoms with Gasteiger partial charge in [0.15, 0.2) is 0 Å². The summed E-state index contributed by atoms with van der Waals surface area (Å²) in [6.45, 7) is 2.33. The molecule has 2 N–H and O–H groups in total. The molecular formula is C17H17FN4. The Hall–Kier alpha value is -2.53. The molecule has 2 aromatic carbocycles. The number of nitrogens with two attached hydrogens (primary N) is 1. The quantitative estimate of drug-likeness (QED) is 0.805. The highest BCUT2D eigenvalue weighted by molar-refractivity contribution is 5.65. The fraction of sp³-hybridized carbons (Fsp3) is 0.176. The second kappa shape index (κ2) is 6.07. The van der Waals surface area contributed by atoms with Gasteiger partial charge >= 0.3 is 0 Å². The fourth-order valence-corrected chi connectivity index (χ4v) is 2.56. The molecule has 0 spiro atoms. The number of aryl methyl sites for hydroxylation is 1. The molecule has 3 rings (SSSR count). The van der Waals surface area contributed by atoms with E-state index in [2.05, 4.69) is 23.3 Å². The summed E-state index contributed by atoms with van der Waals surface area (Å²) < 4.78 is 15.3. The molecule has 0 unspecified atom stereocenters. The zero-order chi connectivity index (χ0) is 15.5. The molecule has 0 aliphatic carbocycles. The van der Waals surface area contributed by atoms with Crippen molar-refractivity contribution in [2.24, 2.45) is 5.73 Å². The van der Waals surface area contributed by atoms with Gasteiger partial charge in [-0.15, -0.1) is 5.10 Å². The van der Waals surface area contributed by atoms with Crippen LogP contribution in [0.2, 0.25) is 0 Å². The third-order valence-corrected chi connectivity index (χ3v) is 3.63. The Balaban J connectivity index is 2.24. The van der Waals surface area contributed by atoms with Crippen molar-refractivity contribution in [2.75, 3.05) is 0 Å². The van der Waals surface area contributed by atoms with Crippen LogP contribution in [0.1, 0.15) is 18.2 Å². The Labute approximate surface area is 128 Å². The summed E-state index contributed by atoms with van der Waals surface area (Å²) in [4.78, 5) is 0. The largest absolute Gasteiger partial charge is 0.325 e. The molecule has 0 fully saturated rings. The van der Waals surface area contributed by atoms with Crippen molar-refractivity contribution in [2.45, 2.75) is 19.9 Å². The number of nitrogens with zero attached hydrogens (tertiary/aromatic N) is 3. The van der Waals surface area contributed by atoms with Crippen LogP contribution >= 0.6 is 0 Å². The molecule has 0 atom stereocenters. The van der Waals surface area contributed by atoms with E-state index >= 15 is 0 Å². The van der Waals surface area contributed by atoms with Crippen LogP contribution in [0.15, 0.2) is 48.5 Å². The average molecular weight is 296 g/mol. The first-order valence-electron chi connectivity index (χ1n) is 7.23.